The highest BCUT2D eigenvalue weighted by Gasteiger charge is 2.07. The van der Waals surface area contributed by atoms with E-state index in [0.29, 0.717) is 22.3 Å². The number of carbonyl (C=O) groups is 2. The van der Waals surface area contributed by atoms with Crippen LogP contribution in [0, 0.1) is 0 Å². The van der Waals surface area contributed by atoms with Crippen LogP contribution in [0.4, 0.5) is 0 Å². The van der Waals surface area contributed by atoms with E-state index < -0.39 is 11.8 Å². The third-order valence-corrected chi connectivity index (χ3v) is 3.94. The molecule has 2 N–H and O–H groups in total. The van der Waals surface area contributed by atoms with E-state index in [2.05, 4.69) is 10.9 Å². The van der Waals surface area contributed by atoms with Crippen molar-refractivity contribution < 1.29 is 23.8 Å². The topological polar surface area (TPSA) is 85.9 Å². The smallest absolute Gasteiger partial charge is 0.276 e. The number of rotatable bonds is 7. The SMILES string of the molecule is COc1ccc(C=CC(=O)NNC(=O)COc2ccc(Cl)cc2Cl)cc1OC. The van der Waals surface area contributed by atoms with Gasteiger partial charge in [0.05, 0.1) is 19.2 Å². The summed E-state index contributed by atoms with van der Waals surface area (Å²) in [7, 11) is 3.06. The molecule has 2 aromatic rings. The van der Waals surface area contributed by atoms with Gasteiger partial charge in [-0.05, 0) is 42.0 Å². The number of ether oxygens (including phenoxy) is 3. The third kappa shape index (κ3) is 6.37. The molecule has 2 rings (SSSR count). The Morgan fingerprint density at radius 2 is 1.68 bits per heavy atom. The number of amides is 2. The quantitative estimate of drug-likeness (QED) is 0.526. The van der Waals surface area contributed by atoms with Gasteiger partial charge in [-0.1, -0.05) is 29.3 Å². The summed E-state index contributed by atoms with van der Waals surface area (Å²) in [4.78, 5) is 23.6. The van der Waals surface area contributed by atoms with Crippen LogP contribution in [-0.2, 0) is 9.59 Å². The van der Waals surface area contributed by atoms with Gasteiger partial charge in [-0.3, -0.25) is 20.4 Å². The Morgan fingerprint density at radius 3 is 2.36 bits per heavy atom. The molecule has 0 aromatic heterocycles. The summed E-state index contributed by atoms with van der Waals surface area (Å²) in [5.74, 6) is 0.348. The number of carbonyl (C=O) groups excluding carboxylic acids is 2. The zero-order valence-corrected chi connectivity index (χ0v) is 16.6. The molecule has 0 saturated heterocycles. The van der Waals surface area contributed by atoms with Crippen LogP contribution >= 0.6 is 23.2 Å². The predicted molar refractivity (Wildman–Crippen MR) is 107 cm³/mol. The fourth-order valence-electron chi connectivity index (χ4n) is 2.07. The van der Waals surface area contributed by atoms with Crippen LogP contribution in [0.3, 0.4) is 0 Å². The van der Waals surface area contributed by atoms with Gasteiger partial charge in [0.1, 0.15) is 5.75 Å². The van der Waals surface area contributed by atoms with E-state index in [1.165, 1.54) is 26.4 Å². The van der Waals surface area contributed by atoms with Crippen molar-refractivity contribution in [2.75, 3.05) is 20.8 Å². The molecule has 0 saturated carbocycles. The van der Waals surface area contributed by atoms with E-state index in [1.54, 1.807) is 36.4 Å². The monoisotopic (exact) mass is 424 g/mol. The van der Waals surface area contributed by atoms with Gasteiger partial charge in [-0.25, -0.2) is 0 Å². The first-order valence-corrected chi connectivity index (χ1v) is 8.75. The third-order valence-electron chi connectivity index (χ3n) is 3.41. The maximum atomic E-state index is 11.8. The first kappa shape index (κ1) is 21.4. The minimum Gasteiger partial charge on any atom is -0.493 e. The number of methoxy groups -OCH3 is 2. The van der Waals surface area contributed by atoms with E-state index in [-0.39, 0.29) is 11.6 Å². The molecule has 0 spiro atoms. The minimum atomic E-state index is -0.557. The Morgan fingerprint density at radius 1 is 0.964 bits per heavy atom. The average Bonchev–Trinajstić information content (AvgIpc) is 2.69. The highest BCUT2D eigenvalue weighted by Crippen LogP contribution is 2.28. The molecule has 0 aliphatic rings. The van der Waals surface area contributed by atoms with Crippen molar-refractivity contribution in [3.8, 4) is 17.2 Å². The second kappa shape index (κ2) is 10.4. The predicted octanol–water partition coefficient (Wildman–Crippen LogP) is 3.25. The molecule has 0 aliphatic carbocycles. The van der Waals surface area contributed by atoms with Crippen molar-refractivity contribution in [3.05, 3.63) is 58.1 Å². The summed E-state index contributed by atoms with van der Waals surface area (Å²) >= 11 is 11.7. The molecule has 0 fully saturated rings. The van der Waals surface area contributed by atoms with Crippen molar-refractivity contribution in [2.45, 2.75) is 0 Å². The average molecular weight is 425 g/mol. The van der Waals surface area contributed by atoms with Crippen LogP contribution in [0.5, 0.6) is 17.2 Å². The van der Waals surface area contributed by atoms with Crippen molar-refractivity contribution >= 4 is 41.1 Å². The second-order valence-corrected chi connectivity index (χ2v) is 6.19. The normalized spacial score (nSPS) is 10.4. The van der Waals surface area contributed by atoms with Crippen LogP contribution in [0.15, 0.2) is 42.5 Å². The first-order valence-electron chi connectivity index (χ1n) is 7.99. The van der Waals surface area contributed by atoms with Crippen LogP contribution in [-0.4, -0.2) is 32.6 Å². The number of hydrazine groups is 1. The lowest BCUT2D eigenvalue weighted by atomic mass is 10.2. The summed E-state index contributed by atoms with van der Waals surface area (Å²) in [6.45, 7) is -0.332. The number of halogens is 2. The Bertz CT molecular complexity index is 887. The fourth-order valence-corrected chi connectivity index (χ4v) is 2.54. The van der Waals surface area contributed by atoms with E-state index >= 15 is 0 Å². The molecule has 28 heavy (non-hydrogen) atoms. The maximum Gasteiger partial charge on any atom is 0.276 e. The summed E-state index contributed by atoms with van der Waals surface area (Å²) in [6.07, 6.45) is 2.83. The van der Waals surface area contributed by atoms with Crippen LogP contribution in [0.25, 0.3) is 6.08 Å². The second-order valence-electron chi connectivity index (χ2n) is 5.35. The van der Waals surface area contributed by atoms with Gasteiger partial charge >= 0.3 is 0 Å². The molecule has 0 radical (unpaired) electrons. The summed E-state index contributed by atoms with van der Waals surface area (Å²) in [5, 5.41) is 0.734. The number of nitrogens with one attached hydrogen (secondary N) is 2. The van der Waals surface area contributed by atoms with Crippen molar-refractivity contribution in [2.24, 2.45) is 0 Å². The molecule has 0 heterocycles. The molecule has 0 bridgehead atoms. The van der Waals surface area contributed by atoms with E-state index in [1.807, 2.05) is 0 Å². The van der Waals surface area contributed by atoms with Crippen LogP contribution in [0.1, 0.15) is 5.56 Å². The molecular formula is C19H18Cl2N2O5. The Hall–Kier alpha value is -2.90. The molecule has 0 aliphatic heterocycles. The standard InChI is InChI=1S/C19H18Cl2N2O5/c1-26-16-6-3-12(9-17(16)27-2)4-8-18(24)22-23-19(25)11-28-15-7-5-13(20)10-14(15)21/h3-10H,11H2,1-2H3,(H,22,24)(H,23,25). The van der Waals surface area contributed by atoms with E-state index in [9.17, 15) is 9.59 Å². The Balaban J connectivity index is 1.81. The lowest BCUT2D eigenvalue weighted by molar-refractivity contribution is -0.128. The van der Waals surface area contributed by atoms with Crippen LogP contribution < -0.4 is 25.1 Å². The van der Waals surface area contributed by atoms with Crippen molar-refractivity contribution in [3.63, 3.8) is 0 Å². The zero-order valence-electron chi connectivity index (χ0n) is 15.1. The zero-order chi connectivity index (χ0) is 20.5. The fraction of sp³-hybridized carbons (Fsp3) is 0.158. The molecule has 7 nitrogen and oxygen atoms in total. The first-order chi connectivity index (χ1) is 13.4. The van der Waals surface area contributed by atoms with E-state index in [0.717, 1.165) is 5.56 Å². The van der Waals surface area contributed by atoms with Gasteiger partial charge in [0.25, 0.3) is 11.8 Å². The minimum absolute atomic E-state index is 0.280. The molecule has 0 unspecified atom stereocenters. The van der Waals surface area contributed by atoms with Gasteiger partial charge in [-0.15, -0.1) is 0 Å². The number of hydrogen-bond acceptors (Lipinski definition) is 5. The van der Waals surface area contributed by atoms with Gasteiger partial charge in [-0.2, -0.15) is 0 Å². The molecule has 9 heteroatoms. The lowest BCUT2D eigenvalue weighted by Gasteiger charge is -2.09. The summed E-state index contributed by atoms with van der Waals surface area (Å²) < 4.78 is 15.6. The molecule has 148 valence electrons. The van der Waals surface area contributed by atoms with Crippen molar-refractivity contribution in [1.29, 1.82) is 0 Å². The largest absolute Gasteiger partial charge is 0.493 e. The molecule has 0 atom stereocenters. The Kier molecular flexibility index (Phi) is 7.98. The summed E-state index contributed by atoms with van der Waals surface area (Å²) in [5.41, 5.74) is 5.20. The maximum absolute atomic E-state index is 11.8. The lowest BCUT2D eigenvalue weighted by Crippen LogP contribution is -2.43. The van der Waals surface area contributed by atoms with Crippen molar-refractivity contribution in [1.82, 2.24) is 10.9 Å². The summed E-state index contributed by atoms with van der Waals surface area (Å²) in [6, 6.07) is 9.82. The molecule has 2 aromatic carbocycles. The Labute approximate surface area is 172 Å². The molecular weight excluding hydrogens is 407 g/mol. The van der Waals surface area contributed by atoms with Gasteiger partial charge < -0.3 is 14.2 Å². The number of hydrogen-bond donors (Lipinski definition) is 2. The highest BCUT2D eigenvalue weighted by atomic mass is 35.5. The number of benzene rings is 2. The van der Waals surface area contributed by atoms with Gasteiger partial charge in [0, 0.05) is 11.1 Å². The highest BCUT2D eigenvalue weighted by molar-refractivity contribution is 6.35. The van der Waals surface area contributed by atoms with Crippen LogP contribution in [0.2, 0.25) is 10.0 Å². The van der Waals surface area contributed by atoms with E-state index in [4.69, 9.17) is 37.4 Å². The van der Waals surface area contributed by atoms with Gasteiger partial charge in [0.2, 0.25) is 0 Å². The van der Waals surface area contributed by atoms with Gasteiger partial charge in [0.15, 0.2) is 18.1 Å². The molecule has 2 amide bonds.